The third-order valence-corrected chi connectivity index (χ3v) is 8.90. The second-order valence-corrected chi connectivity index (χ2v) is 12.9. The van der Waals surface area contributed by atoms with Gasteiger partial charge in [-0.05, 0) is 62.1 Å². The summed E-state index contributed by atoms with van der Waals surface area (Å²) in [6.45, 7) is 3.92. The summed E-state index contributed by atoms with van der Waals surface area (Å²) in [7, 11) is 0. The number of piperidine rings is 1. The minimum Gasteiger partial charge on any atom is -0.378 e. The second-order valence-electron chi connectivity index (χ2n) is 12.9. The van der Waals surface area contributed by atoms with Crippen LogP contribution < -0.4 is 43.4 Å². The molecule has 1 aromatic heterocycles. The molecule has 3 heterocycles. The summed E-state index contributed by atoms with van der Waals surface area (Å²) < 4.78 is 5.45. The number of benzene rings is 2. The number of morpholine rings is 1. The van der Waals surface area contributed by atoms with Gasteiger partial charge in [0.05, 0.1) is 31.0 Å². The highest BCUT2D eigenvalue weighted by atomic mass is 35.5. The van der Waals surface area contributed by atoms with E-state index >= 15 is 0 Å². The number of rotatable bonds is 9. The lowest BCUT2D eigenvalue weighted by atomic mass is 9.83. The number of halogens is 1. The van der Waals surface area contributed by atoms with Gasteiger partial charge in [0.2, 0.25) is 17.8 Å². The molecule has 258 valence electrons. The van der Waals surface area contributed by atoms with Crippen LogP contribution in [0.2, 0.25) is 0 Å². The average Bonchev–Trinajstić information content (AvgIpc) is 3.04. The van der Waals surface area contributed by atoms with E-state index in [1.54, 1.807) is 24.3 Å². The monoisotopic (exact) mass is 679 g/mol. The summed E-state index contributed by atoms with van der Waals surface area (Å²) >= 11 is 0. The Bertz CT molecular complexity index is 1490. The van der Waals surface area contributed by atoms with E-state index in [0.29, 0.717) is 61.0 Å². The van der Waals surface area contributed by atoms with Gasteiger partial charge < -0.3 is 48.1 Å². The molecule has 10 N–H and O–H groups in total. The fourth-order valence-corrected chi connectivity index (χ4v) is 6.69. The van der Waals surface area contributed by atoms with Crippen molar-refractivity contribution in [1.82, 2.24) is 15.0 Å². The Morgan fingerprint density at radius 2 is 1.44 bits per heavy atom. The number of hydrogen-bond acceptors (Lipinski definition) is 13. The van der Waals surface area contributed by atoms with Gasteiger partial charge in [-0.25, -0.2) is 0 Å². The molecule has 15 heteroatoms. The largest absolute Gasteiger partial charge is 0.378 e. The van der Waals surface area contributed by atoms with E-state index < -0.39 is 0 Å². The van der Waals surface area contributed by atoms with Crippen LogP contribution in [-0.4, -0.2) is 90.2 Å². The number of amides is 1. The van der Waals surface area contributed by atoms with E-state index in [2.05, 4.69) is 15.5 Å². The Morgan fingerprint density at radius 1 is 0.792 bits per heavy atom. The second kappa shape index (κ2) is 16.0. The Hall–Kier alpha value is -3.92. The number of hydrogen-bond donors (Lipinski definition) is 6. The number of nitrogens with one attached hydrogen (secondary N) is 2. The highest BCUT2D eigenvalue weighted by molar-refractivity contribution is 6.11. The van der Waals surface area contributed by atoms with E-state index in [0.717, 1.165) is 44.5 Å². The van der Waals surface area contributed by atoms with E-state index in [9.17, 15) is 9.59 Å². The van der Waals surface area contributed by atoms with Gasteiger partial charge in [0.1, 0.15) is 5.82 Å². The van der Waals surface area contributed by atoms with Gasteiger partial charge in [0.15, 0.2) is 5.78 Å². The lowest BCUT2D eigenvalue weighted by Crippen LogP contribution is -2.53. The maximum absolute atomic E-state index is 13.1. The van der Waals surface area contributed by atoms with Gasteiger partial charge in [-0.3, -0.25) is 9.59 Å². The molecule has 0 radical (unpaired) electrons. The number of Topliss-reactive ketones (excluding diaryl/α,β-unsaturated/α-hetero) is 1. The third kappa shape index (κ3) is 8.95. The average molecular weight is 680 g/mol. The van der Waals surface area contributed by atoms with Gasteiger partial charge in [0, 0.05) is 67.5 Å². The molecule has 5 atom stereocenters. The van der Waals surface area contributed by atoms with E-state index in [4.69, 9.17) is 42.6 Å². The lowest BCUT2D eigenvalue weighted by molar-refractivity contribution is -0.115. The van der Waals surface area contributed by atoms with Crippen LogP contribution in [0.25, 0.3) is 0 Å². The fourth-order valence-electron chi connectivity index (χ4n) is 6.69. The number of nitrogens with two attached hydrogens (primary N) is 4. The van der Waals surface area contributed by atoms with Crippen molar-refractivity contribution in [1.29, 1.82) is 0 Å². The molecular weight excluding hydrogens is 634 g/mol. The van der Waals surface area contributed by atoms with E-state index in [-0.39, 0.29) is 60.6 Å². The van der Waals surface area contributed by atoms with Crippen molar-refractivity contribution in [3.63, 3.8) is 0 Å². The summed E-state index contributed by atoms with van der Waals surface area (Å²) in [5, 5.41) is 6.18. The first-order valence-electron chi connectivity index (χ1n) is 16.3. The molecule has 3 fully saturated rings. The molecule has 2 aliphatic heterocycles. The van der Waals surface area contributed by atoms with E-state index in [1.807, 2.05) is 29.2 Å². The zero-order valence-corrected chi connectivity index (χ0v) is 27.8. The SMILES string of the molecule is Cl.N[C@@H]1CC(c2nc(Nc3ccc(C(=O)CC(=O)Nc4ccccc4N4CCOCC4)cc3)nc(N3C[C@H](N)C[C@H](N)C3)n2)C[C@H](N)C1. The van der Waals surface area contributed by atoms with Crippen LogP contribution in [0.3, 0.4) is 0 Å². The standard InChI is InChI=1S/C33H45N11O3.ClH/c34-22-13-21(14-23(35)15-22)31-40-32(42-33(41-31)44-18-24(36)16-25(37)19-44)38-26-7-5-20(6-8-26)29(45)17-30(46)39-27-3-1-2-4-28(27)43-9-11-47-12-10-43;/h1-8,21-25H,9-19,34-37H2,(H,39,46)(H,38,40,41,42);1H/t21?,22-,23+,24-,25+;. The first-order valence-corrected chi connectivity index (χ1v) is 16.3. The number of carbonyl (C=O) groups excluding carboxylic acids is 2. The summed E-state index contributed by atoms with van der Waals surface area (Å²) in [5.74, 6) is 0.832. The van der Waals surface area contributed by atoms with Crippen molar-refractivity contribution >= 4 is 53.1 Å². The number of para-hydroxylation sites is 2. The number of nitrogens with zero attached hydrogens (tertiary/aromatic N) is 5. The molecule has 6 rings (SSSR count). The number of aromatic nitrogens is 3. The Balaban J connectivity index is 0.00000451. The molecular formula is C33H46ClN11O3. The summed E-state index contributed by atoms with van der Waals surface area (Å²) in [5.41, 5.74) is 27.9. The summed E-state index contributed by atoms with van der Waals surface area (Å²) in [6, 6.07) is 14.3. The Morgan fingerprint density at radius 3 is 2.12 bits per heavy atom. The smallest absolute Gasteiger partial charge is 0.232 e. The highest BCUT2D eigenvalue weighted by Gasteiger charge is 2.31. The predicted molar refractivity (Wildman–Crippen MR) is 189 cm³/mol. The van der Waals surface area contributed by atoms with Gasteiger partial charge in [-0.1, -0.05) is 12.1 Å². The number of carbonyl (C=O) groups is 2. The number of ether oxygens (including phenoxy) is 1. The van der Waals surface area contributed by atoms with Gasteiger partial charge in [-0.2, -0.15) is 15.0 Å². The molecule has 0 spiro atoms. The van der Waals surface area contributed by atoms with Crippen molar-refractivity contribution < 1.29 is 14.3 Å². The minimum absolute atomic E-state index is 0. The Labute approximate surface area is 286 Å². The molecule has 1 amide bonds. The van der Waals surface area contributed by atoms with Gasteiger partial charge in [-0.15, -0.1) is 12.4 Å². The quantitative estimate of drug-likeness (QED) is 0.141. The molecule has 1 saturated carbocycles. The maximum atomic E-state index is 13.1. The van der Waals surface area contributed by atoms with Gasteiger partial charge in [0.25, 0.3) is 0 Å². The van der Waals surface area contributed by atoms with Crippen molar-refractivity contribution in [2.24, 2.45) is 22.9 Å². The third-order valence-electron chi connectivity index (χ3n) is 8.90. The van der Waals surface area contributed by atoms with Crippen LogP contribution in [0.5, 0.6) is 0 Å². The number of anilines is 5. The van der Waals surface area contributed by atoms with Crippen molar-refractivity contribution in [2.75, 3.05) is 59.8 Å². The predicted octanol–water partition coefficient (Wildman–Crippen LogP) is 1.87. The fraction of sp³-hybridized carbons (Fsp3) is 0.485. The van der Waals surface area contributed by atoms with E-state index in [1.165, 1.54) is 0 Å². The summed E-state index contributed by atoms with van der Waals surface area (Å²) in [6.07, 6.45) is 2.69. The van der Waals surface area contributed by atoms with Crippen LogP contribution in [0, 0.1) is 0 Å². The molecule has 0 bridgehead atoms. The lowest BCUT2D eigenvalue weighted by Gasteiger charge is -2.35. The molecule has 14 nitrogen and oxygen atoms in total. The van der Waals surface area contributed by atoms with Crippen LogP contribution in [0.1, 0.15) is 54.2 Å². The molecule has 3 aromatic rings. The highest BCUT2D eigenvalue weighted by Crippen LogP contribution is 2.32. The Kier molecular flexibility index (Phi) is 11.8. The van der Waals surface area contributed by atoms with Crippen LogP contribution in [0.4, 0.5) is 29.0 Å². The van der Waals surface area contributed by atoms with Crippen molar-refractivity contribution in [2.45, 2.75) is 62.2 Å². The van der Waals surface area contributed by atoms with Gasteiger partial charge >= 0.3 is 0 Å². The van der Waals surface area contributed by atoms with Crippen LogP contribution >= 0.6 is 12.4 Å². The van der Waals surface area contributed by atoms with Crippen molar-refractivity contribution in [3.05, 3.63) is 59.9 Å². The maximum Gasteiger partial charge on any atom is 0.232 e. The summed E-state index contributed by atoms with van der Waals surface area (Å²) in [4.78, 5) is 44.5. The molecule has 48 heavy (non-hydrogen) atoms. The first kappa shape index (κ1) is 35.4. The molecule has 1 aliphatic carbocycles. The molecule has 1 unspecified atom stereocenters. The molecule has 2 aromatic carbocycles. The van der Waals surface area contributed by atoms with Crippen molar-refractivity contribution in [3.8, 4) is 0 Å². The van der Waals surface area contributed by atoms with Crippen LogP contribution in [0.15, 0.2) is 48.5 Å². The topological polar surface area (TPSA) is 217 Å². The minimum atomic E-state index is -0.373. The zero-order valence-electron chi connectivity index (χ0n) is 27.0. The molecule has 2 saturated heterocycles. The van der Waals surface area contributed by atoms with Crippen LogP contribution in [-0.2, 0) is 9.53 Å². The first-order chi connectivity index (χ1) is 22.7. The normalized spacial score (nSPS) is 24.4. The number of ketones is 1. The zero-order chi connectivity index (χ0) is 32.9. The molecule has 3 aliphatic rings.